The minimum absolute atomic E-state index is 0.146. The molecule has 1 N–H and O–H groups in total. The van der Waals surface area contributed by atoms with Crippen molar-refractivity contribution in [2.45, 2.75) is 25.3 Å². The second-order valence-electron chi connectivity index (χ2n) is 3.86. The van der Waals surface area contributed by atoms with Gasteiger partial charge in [0, 0.05) is 11.1 Å². The molecule has 1 nitrogen and oxygen atoms in total. The Hall–Kier alpha value is -0.310. The lowest BCUT2D eigenvalue weighted by Gasteiger charge is -2.11. The van der Waals surface area contributed by atoms with Crippen LogP contribution in [0.15, 0.2) is 12.1 Å². The van der Waals surface area contributed by atoms with Crippen molar-refractivity contribution in [1.29, 1.82) is 0 Å². The van der Waals surface area contributed by atoms with Crippen LogP contribution in [-0.4, -0.2) is 12.6 Å². The van der Waals surface area contributed by atoms with E-state index in [-0.39, 0.29) is 5.02 Å². The SMILES string of the molecule is Fc1cc(Cl)c(CC2CCCN2)cc1Cl. The first kappa shape index (κ1) is 11.2. The molecule has 1 atom stereocenters. The molecule has 15 heavy (non-hydrogen) atoms. The Morgan fingerprint density at radius 1 is 1.33 bits per heavy atom. The zero-order valence-corrected chi connectivity index (χ0v) is 9.71. The lowest BCUT2D eigenvalue weighted by atomic mass is 10.0. The zero-order chi connectivity index (χ0) is 10.8. The minimum Gasteiger partial charge on any atom is -0.314 e. The fourth-order valence-corrected chi connectivity index (χ4v) is 2.33. The van der Waals surface area contributed by atoms with Gasteiger partial charge in [-0.15, -0.1) is 0 Å². The smallest absolute Gasteiger partial charge is 0.143 e. The van der Waals surface area contributed by atoms with E-state index < -0.39 is 5.82 Å². The maximum atomic E-state index is 13.0. The molecule has 1 heterocycles. The molecule has 1 aliphatic rings. The maximum absolute atomic E-state index is 13.0. The maximum Gasteiger partial charge on any atom is 0.143 e. The number of nitrogens with one attached hydrogen (secondary N) is 1. The highest BCUT2D eigenvalue weighted by molar-refractivity contribution is 6.33. The molecule has 0 saturated carbocycles. The number of rotatable bonds is 2. The number of benzene rings is 1. The predicted molar refractivity (Wildman–Crippen MR) is 61.1 cm³/mol. The minimum atomic E-state index is -0.454. The standard InChI is InChI=1S/C11H12Cl2FN/c12-9-6-11(14)10(13)5-7(9)4-8-2-1-3-15-8/h5-6,8,15H,1-4H2. The Bertz CT molecular complexity index is 362. The molecule has 1 aromatic carbocycles. The van der Waals surface area contributed by atoms with E-state index in [1.807, 2.05) is 0 Å². The summed E-state index contributed by atoms with van der Waals surface area (Å²) in [7, 11) is 0. The van der Waals surface area contributed by atoms with Crippen molar-refractivity contribution in [2.75, 3.05) is 6.54 Å². The van der Waals surface area contributed by atoms with Crippen molar-refractivity contribution in [3.05, 3.63) is 33.6 Å². The van der Waals surface area contributed by atoms with Gasteiger partial charge in [0.15, 0.2) is 0 Å². The molecule has 0 amide bonds. The Morgan fingerprint density at radius 2 is 2.13 bits per heavy atom. The Balaban J connectivity index is 2.16. The van der Waals surface area contributed by atoms with E-state index in [4.69, 9.17) is 23.2 Å². The molecule has 1 unspecified atom stereocenters. The fraction of sp³-hybridized carbons (Fsp3) is 0.455. The van der Waals surface area contributed by atoms with Crippen molar-refractivity contribution < 1.29 is 4.39 Å². The molecule has 1 fully saturated rings. The third-order valence-electron chi connectivity index (χ3n) is 2.72. The van der Waals surface area contributed by atoms with E-state index in [2.05, 4.69) is 5.32 Å². The van der Waals surface area contributed by atoms with Crippen LogP contribution in [0.5, 0.6) is 0 Å². The summed E-state index contributed by atoms with van der Waals surface area (Å²) >= 11 is 11.7. The summed E-state index contributed by atoms with van der Waals surface area (Å²) < 4.78 is 13.0. The summed E-state index contributed by atoms with van der Waals surface area (Å²) in [6.45, 7) is 1.05. The van der Waals surface area contributed by atoms with Gasteiger partial charge in [0.2, 0.25) is 0 Å². The summed E-state index contributed by atoms with van der Waals surface area (Å²) in [6.07, 6.45) is 3.15. The summed E-state index contributed by atoms with van der Waals surface area (Å²) in [6, 6.07) is 3.36. The molecule has 4 heteroatoms. The van der Waals surface area contributed by atoms with Gasteiger partial charge in [-0.05, 0) is 43.5 Å². The van der Waals surface area contributed by atoms with Crippen LogP contribution >= 0.6 is 23.2 Å². The summed E-state index contributed by atoms with van der Waals surface area (Å²) in [5, 5.41) is 3.98. The fourth-order valence-electron chi connectivity index (χ4n) is 1.92. The highest BCUT2D eigenvalue weighted by atomic mass is 35.5. The molecule has 0 spiro atoms. The Labute approximate surface area is 98.6 Å². The van der Waals surface area contributed by atoms with Crippen LogP contribution < -0.4 is 5.32 Å². The van der Waals surface area contributed by atoms with Crippen LogP contribution in [0, 0.1) is 5.82 Å². The Morgan fingerprint density at radius 3 is 2.80 bits per heavy atom. The summed E-state index contributed by atoms with van der Waals surface area (Å²) in [5.74, 6) is -0.454. The van der Waals surface area contributed by atoms with E-state index in [0.29, 0.717) is 11.1 Å². The van der Waals surface area contributed by atoms with Crippen molar-refractivity contribution in [2.24, 2.45) is 0 Å². The molecule has 0 bridgehead atoms. The van der Waals surface area contributed by atoms with E-state index in [1.54, 1.807) is 6.07 Å². The molecule has 1 saturated heterocycles. The van der Waals surface area contributed by atoms with Crippen molar-refractivity contribution in [1.82, 2.24) is 5.32 Å². The van der Waals surface area contributed by atoms with E-state index in [0.717, 1.165) is 24.9 Å². The average molecular weight is 248 g/mol. The summed E-state index contributed by atoms with van der Waals surface area (Å²) in [4.78, 5) is 0. The molecule has 0 radical (unpaired) electrons. The first-order valence-corrected chi connectivity index (χ1v) is 5.79. The van der Waals surface area contributed by atoms with Crippen molar-refractivity contribution in [3.63, 3.8) is 0 Å². The van der Waals surface area contributed by atoms with Gasteiger partial charge in [-0.1, -0.05) is 23.2 Å². The average Bonchev–Trinajstić information content (AvgIpc) is 2.67. The highest BCUT2D eigenvalue weighted by Gasteiger charge is 2.16. The first-order chi connectivity index (χ1) is 7.16. The van der Waals surface area contributed by atoms with Crippen molar-refractivity contribution in [3.8, 4) is 0 Å². The van der Waals surface area contributed by atoms with Gasteiger partial charge in [0.1, 0.15) is 5.82 Å². The second-order valence-corrected chi connectivity index (χ2v) is 4.67. The predicted octanol–water partition coefficient (Wildman–Crippen LogP) is 3.43. The lowest BCUT2D eigenvalue weighted by molar-refractivity contribution is 0.599. The molecule has 0 aliphatic carbocycles. The number of halogens is 3. The second kappa shape index (κ2) is 4.69. The van der Waals surface area contributed by atoms with E-state index in [1.165, 1.54) is 12.5 Å². The monoisotopic (exact) mass is 247 g/mol. The molecule has 2 rings (SSSR count). The van der Waals surface area contributed by atoms with Crippen LogP contribution in [0.2, 0.25) is 10.0 Å². The summed E-state index contributed by atoms with van der Waals surface area (Å²) in [5.41, 5.74) is 0.919. The first-order valence-electron chi connectivity index (χ1n) is 5.03. The van der Waals surface area contributed by atoms with Gasteiger partial charge in [0.05, 0.1) is 5.02 Å². The van der Waals surface area contributed by atoms with Gasteiger partial charge < -0.3 is 5.32 Å². The van der Waals surface area contributed by atoms with E-state index in [9.17, 15) is 4.39 Å². The lowest BCUT2D eigenvalue weighted by Crippen LogP contribution is -2.23. The van der Waals surface area contributed by atoms with Crippen LogP contribution in [-0.2, 0) is 6.42 Å². The van der Waals surface area contributed by atoms with Gasteiger partial charge in [-0.3, -0.25) is 0 Å². The van der Waals surface area contributed by atoms with Crippen LogP contribution in [0.25, 0.3) is 0 Å². The molecule has 1 aliphatic heterocycles. The van der Waals surface area contributed by atoms with Crippen LogP contribution in [0.1, 0.15) is 18.4 Å². The number of hydrogen-bond donors (Lipinski definition) is 1. The largest absolute Gasteiger partial charge is 0.314 e. The zero-order valence-electron chi connectivity index (χ0n) is 8.19. The number of hydrogen-bond acceptors (Lipinski definition) is 1. The van der Waals surface area contributed by atoms with Gasteiger partial charge in [-0.2, -0.15) is 0 Å². The van der Waals surface area contributed by atoms with Gasteiger partial charge in [-0.25, -0.2) is 4.39 Å². The Kier molecular flexibility index (Phi) is 3.49. The molecule has 1 aromatic rings. The molecular weight excluding hydrogens is 236 g/mol. The van der Waals surface area contributed by atoms with E-state index >= 15 is 0 Å². The van der Waals surface area contributed by atoms with Gasteiger partial charge in [0.25, 0.3) is 0 Å². The van der Waals surface area contributed by atoms with Gasteiger partial charge >= 0.3 is 0 Å². The molecular formula is C11H12Cl2FN. The quantitative estimate of drug-likeness (QED) is 0.790. The third kappa shape index (κ3) is 2.63. The highest BCUT2D eigenvalue weighted by Crippen LogP contribution is 2.26. The molecule has 82 valence electrons. The van der Waals surface area contributed by atoms with Crippen LogP contribution in [0.3, 0.4) is 0 Å². The topological polar surface area (TPSA) is 12.0 Å². The van der Waals surface area contributed by atoms with Crippen molar-refractivity contribution >= 4 is 23.2 Å². The normalized spacial score (nSPS) is 20.9. The molecule has 0 aromatic heterocycles. The van der Waals surface area contributed by atoms with Crippen LogP contribution in [0.4, 0.5) is 4.39 Å². The third-order valence-corrected chi connectivity index (χ3v) is 3.36.